The Morgan fingerprint density at radius 2 is 2.06 bits per heavy atom. The number of hydrogen-bond acceptors (Lipinski definition) is 3. The van der Waals surface area contributed by atoms with Gasteiger partial charge in [-0.3, -0.25) is 4.98 Å². The lowest BCUT2D eigenvalue weighted by atomic mass is 10.1. The average Bonchev–Trinajstić information content (AvgIpc) is 3.12. The minimum atomic E-state index is 0. The summed E-state index contributed by atoms with van der Waals surface area (Å²) in [5.74, 6) is 0.877. The van der Waals surface area contributed by atoms with Gasteiger partial charge in [-0.2, -0.15) is 0 Å². The van der Waals surface area contributed by atoms with Gasteiger partial charge >= 0.3 is 0 Å². The van der Waals surface area contributed by atoms with Gasteiger partial charge in [0.15, 0.2) is 0 Å². The first-order chi connectivity index (χ1) is 8.26. The van der Waals surface area contributed by atoms with Crippen LogP contribution in [0.5, 0.6) is 5.75 Å². The third-order valence-corrected chi connectivity index (χ3v) is 3.08. The van der Waals surface area contributed by atoms with Crippen molar-refractivity contribution in [1.29, 1.82) is 0 Å². The van der Waals surface area contributed by atoms with Crippen LogP contribution >= 0.6 is 12.4 Å². The number of rotatable bonds is 3. The highest BCUT2D eigenvalue weighted by molar-refractivity contribution is 5.92. The summed E-state index contributed by atoms with van der Waals surface area (Å²) in [5.41, 5.74) is 3.24. The molecule has 1 fully saturated rings. The minimum absolute atomic E-state index is 0. The molecule has 96 valence electrons. The Bertz CT molecular complexity index is 567. The van der Waals surface area contributed by atoms with Crippen molar-refractivity contribution in [3.63, 3.8) is 0 Å². The molecule has 0 amide bonds. The Morgan fingerprint density at radius 3 is 2.72 bits per heavy atom. The van der Waals surface area contributed by atoms with Gasteiger partial charge in [0, 0.05) is 22.8 Å². The largest absolute Gasteiger partial charge is 0.497 e. The number of ether oxygens (including phenoxy) is 1. The van der Waals surface area contributed by atoms with Gasteiger partial charge in [0.2, 0.25) is 0 Å². The quantitative estimate of drug-likeness (QED) is 0.921. The predicted molar refractivity (Wildman–Crippen MR) is 76.9 cm³/mol. The Morgan fingerprint density at radius 1 is 1.28 bits per heavy atom. The lowest BCUT2D eigenvalue weighted by molar-refractivity contribution is 0.415. The second-order valence-corrected chi connectivity index (χ2v) is 4.61. The van der Waals surface area contributed by atoms with E-state index in [1.807, 2.05) is 25.1 Å². The predicted octanol–water partition coefficient (Wildman–Crippen LogP) is 3.55. The molecular formula is C14H17ClN2O. The topological polar surface area (TPSA) is 34.1 Å². The summed E-state index contributed by atoms with van der Waals surface area (Å²) in [6, 6.07) is 8.77. The Labute approximate surface area is 113 Å². The first-order valence-electron chi connectivity index (χ1n) is 5.98. The maximum atomic E-state index is 5.27. The van der Waals surface area contributed by atoms with Crippen LogP contribution in [0.4, 0.5) is 5.69 Å². The lowest BCUT2D eigenvalue weighted by Crippen LogP contribution is -2.02. The molecule has 0 unspecified atom stereocenters. The molecule has 0 spiro atoms. The molecule has 3 rings (SSSR count). The Kier molecular flexibility index (Phi) is 3.62. The number of aromatic nitrogens is 1. The maximum absolute atomic E-state index is 5.27. The summed E-state index contributed by atoms with van der Waals surface area (Å²) in [4.78, 5) is 4.54. The summed E-state index contributed by atoms with van der Waals surface area (Å²) < 4.78 is 5.27. The van der Waals surface area contributed by atoms with Crippen LogP contribution in [-0.4, -0.2) is 18.1 Å². The van der Waals surface area contributed by atoms with Gasteiger partial charge in [-0.15, -0.1) is 12.4 Å². The molecule has 1 heterocycles. The zero-order valence-electron chi connectivity index (χ0n) is 10.6. The summed E-state index contributed by atoms with van der Waals surface area (Å²) in [6.07, 6.45) is 2.54. The molecule has 3 nitrogen and oxygen atoms in total. The molecule has 0 bridgehead atoms. The number of hydrogen-bond donors (Lipinski definition) is 1. The van der Waals surface area contributed by atoms with Gasteiger partial charge in [-0.05, 0) is 44.0 Å². The number of nitrogens with one attached hydrogen (secondary N) is 1. The number of benzene rings is 1. The van der Waals surface area contributed by atoms with E-state index >= 15 is 0 Å². The number of anilines is 1. The highest BCUT2D eigenvalue weighted by Gasteiger charge is 2.21. The lowest BCUT2D eigenvalue weighted by Gasteiger charge is -2.11. The number of fused-ring (bicyclic) bond motifs is 1. The molecule has 1 saturated carbocycles. The Hall–Kier alpha value is -1.48. The van der Waals surface area contributed by atoms with Crippen molar-refractivity contribution < 1.29 is 4.74 Å². The third-order valence-electron chi connectivity index (χ3n) is 3.08. The van der Waals surface area contributed by atoms with Gasteiger partial charge < -0.3 is 10.1 Å². The summed E-state index contributed by atoms with van der Waals surface area (Å²) in [5, 5.41) is 4.70. The first kappa shape index (κ1) is 13.0. The molecule has 1 aromatic heterocycles. The zero-order chi connectivity index (χ0) is 11.8. The van der Waals surface area contributed by atoms with Crippen LogP contribution in [0, 0.1) is 6.92 Å². The number of halogens is 1. The van der Waals surface area contributed by atoms with E-state index in [9.17, 15) is 0 Å². The molecule has 18 heavy (non-hydrogen) atoms. The van der Waals surface area contributed by atoms with Crippen molar-refractivity contribution in [2.75, 3.05) is 12.4 Å². The van der Waals surface area contributed by atoms with E-state index in [2.05, 4.69) is 16.4 Å². The zero-order valence-corrected chi connectivity index (χ0v) is 11.4. The number of methoxy groups -OCH3 is 1. The monoisotopic (exact) mass is 264 g/mol. The fraction of sp³-hybridized carbons (Fsp3) is 0.357. The van der Waals surface area contributed by atoms with E-state index < -0.39 is 0 Å². The highest BCUT2D eigenvalue weighted by atomic mass is 35.5. The van der Waals surface area contributed by atoms with Gasteiger partial charge in [-0.1, -0.05) is 0 Å². The molecule has 0 atom stereocenters. The molecule has 1 aromatic carbocycles. The minimum Gasteiger partial charge on any atom is -0.497 e. The second kappa shape index (κ2) is 5.02. The van der Waals surface area contributed by atoms with Crippen LogP contribution in [0.1, 0.15) is 18.5 Å². The first-order valence-corrected chi connectivity index (χ1v) is 5.98. The van der Waals surface area contributed by atoms with Crippen LogP contribution in [0.2, 0.25) is 0 Å². The fourth-order valence-electron chi connectivity index (χ4n) is 2.03. The van der Waals surface area contributed by atoms with Crippen molar-refractivity contribution in [3.8, 4) is 5.75 Å². The van der Waals surface area contributed by atoms with Crippen LogP contribution in [0.3, 0.4) is 0 Å². The summed E-state index contributed by atoms with van der Waals surface area (Å²) in [6.45, 7) is 2.03. The second-order valence-electron chi connectivity index (χ2n) is 4.61. The van der Waals surface area contributed by atoms with Crippen LogP contribution < -0.4 is 10.1 Å². The number of pyridine rings is 1. The van der Waals surface area contributed by atoms with Crippen molar-refractivity contribution in [1.82, 2.24) is 4.98 Å². The SMILES string of the molecule is COc1ccc2nc(C)cc(NC3CC3)c2c1.Cl. The molecule has 0 aliphatic heterocycles. The molecule has 0 saturated heterocycles. The van der Waals surface area contributed by atoms with E-state index in [1.54, 1.807) is 7.11 Å². The third kappa shape index (κ3) is 2.51. The fourth-order valence-corrected chi connectivity index (χ4v) is 2.03. The highest BCUT2D eigenvalue weighted by Crippen LogP contribution is 2.31. The van der Waals surface area contributed by atoms with Crippen LogP contribution in [0.15, 0.2) is 24.3 Å². The van der Waals surface area contributed by atoms with Crippen LogP contribution in [-0.2, 0) is 0 Å². The van der Waals surface area contributed by atoms with Crippen molar-refractivity contribution in [2.45, 2.75) is 25.8 Å². The van der Waals surface area contributed by atoms with Gasteiger partial charge in [0.25, 0.3) is 0 Å². The van der Waals surface area contributed by atoms with Crippen molar-refractivity contribution >= 4 is 29.0 Å². The molecule has 1 aliphatic carbocycles. The molecule has 1 aliphatic rings. The molecule has 4 heteroatoms. The van der Waals surface area contributed by atoms with Gasteiger partial charge in [0.1, 0.15) is 5.75 Å². The molecular weight excluding hydrogens is 248 g/mol. The van der Waals surface area contributed by atoms with Crippen molar-refractivity contribution in [2.24, 2.45) is 0 Å². The van der Waals surface area contributed by atoms with Gasteiger partial charge in [0.05, 0.1) is 12.6 Å². The molecule has 1 N–H and O–H groups in total. The summed E-state index contributed by atoms with van der Waals surface area (Å²) in [7, 11) is 1.69. The maximum Gasteiger partial charge on any atom is 0.119 e. The van der Waals surface area contributed by atoms with Crippen LogP contribution in [0.25, 0.3) is 10.9 Å². The number of nitrogens with zero attached hydrogens (tertiary/aromatic N) is 1. The van der Waals surface area contributed by atoms with Crippen molar-refractivity contribution in [3.05, 3.63) is 30.0 Å². The van der Waals surface area contributed by atoms with E-state index in [4.69, 9.17) is 4.74 Å². The Balaban J connectivity index is 0.00000120. The van der Waals surface area contributed by atoms with E-state index in [0.29, 0.717) is 6.04 Å². The molecule has 0 radical (unpaired) electrons. The number of aryl methyl sites for hydroxylation is 1. The smallest absolute Gasteiger partial charge is 0.119 e. The average molecular weight is 265 g/mol. The van der Waals surface area contributed by atoms with E-state index in [-0.39, 0.29) is 12.4 Å². The summed E-state index contributed by atoms with van der Waals surface area (Å²) >= 11 is 0. The van der Waals surface area contributed by atoms with E-state index in [1.165, 1.54) is 18.5 Å². The molecule has 2 aromatic rings. The van der Waals surface area contributed by atoms with Gasteiger partial charge in [-0.25, -0.2) is 0 Å². The van der Waals surface area contributed by atoms with E-state index in [0.717, 1.165) is 22.3 Å². The standard InChI is InChI=1S/C14H16N2O.ClH/c1-9-7-14(16-10-3-4-10)12-8-11(17-2)5-6-13(12)15-9;/h5-8,10H,3-4H2,1-2H3,(H,15,16);1H. The normalized spacial score (nSPS) is 14.1.